The number of carbonyl (C=O) groups is 3. The Labute approximate surface area is 151 Å². The summed E-state index contributed by atoms with van der Waals surface area (Å²) >= 11 is 1.60. The molecule has 134 valence electrons. The summed E-state index contributed by atoms with van der Waals surface area (Å²) in [6.07, 6.45) is 2.65. The first-order chi connectivity index (χ1) is 12.1. The molecule has 2 amide bonds. The topological polar surface area (TPSA) is 77.9 Å². The molecule has 1 N–H and O–H groups in total. The van der Waals surface area contributed by atoms with Crippen LogP contribution in [0.3, 0.4) is 0 Å². The molecule has 2 aliphatic rings. The second kappa shape index (κ2) is 7.91. The van der Waals surface area contributed by atoms with Crippen molar-refractivity contribution in [2.24, 2.45) is 0 Å². The number of carboxylic acids is 1. The Balaban J connectivity index is 1.62. The largest absolute Gasteiger partial charge is 0.478 e. The summed E-state index contributed by atoms with van der Waals surface area (Å²) < 4.78 is 0. The Morgan fingerprint density at radius 2 is 1.88 bits per heavy atom. The molecule has 6 nitrogen and oxygen atoms in total. The van der Waals surface area contributed by atoms with Gasteiger partial charge < -0.3 is 14.9 Å². The normalized spacial score (nSPS) is 20.1. The molecule has 3 rings (SSSR count). The van der Waals surface area contributed by atoms with Crippen molar-refractivity contribution in [1.29, 1.82) is 0 Å². The van der Waals surface area contributed by atoms with Gasteiger partial charge >= 0.3 is 5.97 Å². The fraction of sp³-hybridized carbons (Fsp3) is 0.500. The lowest BCUT2D eigenvalue weighted by atomic mass is 10.0. The van der Waals surface area contributed by atoms with Gasteiger partial charge in [0.1, 0.15) is 6.04 Å². The van der Waals surface area contributed by atoms with E-state index in [0.717, 1.165) is 25.9 Å². The maximum absolute atomic E-state index is 12.6. The van der Waals surface area contributed by atoms with E-state index < -0.39 is 5.97 Å². The molecule has 7 heteroatoms. The molecule has 0 bridgehead atoms. The van der Waals surface area contributed by atoms with Crippen LogP contribution in [-0.2, 0) is 16.0 Å². The molecule has 0 aromatic heterocycles. The highest BCUT2D eigenvalue weighted by Crippen LogP contribution is 2.25. The van der Waals surface area contributed by atoms with E-state index in [2.05, 4.69) is 0 Å². The van der Waals surface area contributed by atoms with Crippen LogP contribution in [0.4, 0.5) is 0 Å². The van der Waals surface area contributed by atoms with Crippen LogP contribution >= 0.6 is 11.8 Å². The van der Waals surface area contributed by atoms with Gasteiger partial charge in [0, 0.05) is 25.3 Å². The van der Waals surface area contributed by atoms with Crippen LogP contribution in [0.2, 0.25) is 0 Å². The number of aryl methyl sites for hydroxylation is 1. The molecule has 1 unspecified atom stereocenters. The second-order valence-electron chi connectivity index (χ2n) is 6.37. The first-order valence-corrected chi connectivity index (χ1v) is 9.70. The molecule has 0 spiro atoms. The van der Waals surface area contributed by atoms with E-state index in [9.17, 15) is 19.5 Å². The zero-order valence-electron chi connectivity index (χ0n) is 14.0. The highest BCUT2D eigenvalue weighted by atomic mass is 32.2. The lowest BCUT2D eigenvalue weighted by molar-refractivity contribution is -0.142. The number of hydrogen-bond donors (Lipinski definition) is 1. The van der Waals surface area contributed by atoms with Crippen LogP contribution in [0.15, 0.2) is 24.3 Å². The predicted octanol–water partition coefficient (Wildman–Crippen LogP) is 1.84. The third-order valence-corrected chi connectivity index (χ3v) is 5.77. The molecular weight excluding hydrogens is 340 g/mol. The summed E-state index contributed by atoms with van der Waals surface area (Å²) in [7, 11) is 0. The van der Waals surface area contributed by atoms with E-state index in [1.807, 2.05) is 4.90 Å². The van der Waals surface area contributed by atoms with E-state index in [1.165, 1.54) is 0 Å². The summed E-state index contributed by atoms with van der Waals surface area (Å²) in [5, 5.41) is 9.23. The van der Waals surface area contributed by atoms with Gasteiger partial charge in [0.25, 0.3) is 0 Å². The van der Waals surface area contributed by atoms with Crippen molar-refractivity contribution in [3.63, 3.8) is 0 Å². The molecule has 1 aromatic carbocycles. The minimum absolute atomic E-state index is 0.0572. The van der Waals surface area contributed by atoms with Gasteiger partial charge in [-0.05, 0) is 30.9 Å². The number of rotatable bonds is 5. The van der Waals surface area contributed by atoms with E-state index in [0.29, 0.717) is 23.6 Å². The summed E-state index contributed by atoms with van der Waals surface area (Å²) in [4.78, 5) is 40.0. The van der Waals surface area contributed by atoms with Crippen molar-refractivity contribution in [3.05, 3.63) is 35.4 Å². The lowest BCUT2D eigenvalue weighted by Crippen LogP contribution is -2.48. The number of thioether (sulfide) groups is 1. The Morgan fingerprint density at radius 3 is 2.60 bits per heavy atom. The molecule has 1 atom stereocenters. The molecule has 1 aromatic rings. The number of likely N-dealkylation sites (tertiary alicyclic amines) is 1. The number of carbonyl (C=O) groups excluding carboxylic acids is 2. The minimum atomic E-state index is -0.984. The fourth-order valence-corrected chi connectivity index (χ4v) is 4.55. The predicted molar refractivity (Wildman–Crippen MR) is 95.5 cm³/mol. The molecule has 0 radical (unpaired) electrons. The molecule has 0 saturated carbocycles. The van der Waals surface area contributed by atoms with Crippen LogP contribution in [0, 0.1) is 0 Å². The van der Waals surface area contributed by atoms with Gasteiger partial charge in [0.15, 0.2) is 0 Å². The summed E-state index contributed by atoms with van der Waals surface area (Å²) in [5.74, 6) is 0.169. The third kappa shape index (κ3) is 3.98. The van der Waals surface area contributed by atoms with Crippen molar-refractivity contribution >= 4 is 29.5 Å². The van der Waals surface area contributed by atoms with Crippen molar-refractivity contribution in [2.45, 2.75) is 31.7 Å². The maximum Gasteiger partial charge on any atom is 0.335 e. The Bertz CT molecular complexity index is 673. The number of amides is 2. The van der Waals surface area contributed by atoms with Crippen LogP contribution in [0.5, 0.6) is 0 Å². The van der Waals surface area contributed by atoms with E-state index in [-0.39, 0.29) is 29.8 Å². The summed E-state index contributed by atoms with van der Waals surface area (Å²) in [6.45, 7) is 1.57. The number of carboxylic acid groups (broad SMARTS) is 1. The van der Waals surface area contributed by atoms with Crippen molar-refractivity contribution in [2.75, 3.05) is 24.7 Å². The second-order valence-corrected chi connectivity index (χ2v) is 7.37. The summed E-state index contributed by atoms with van der Waals surface area (Å²) in [5.41, 5.74) is 0.883. The smallest absolute Gasteiger partial charge is 0.335 e. The average molecular weight is 362 g/mol. The lowest BCUT2D eigenvalue weighted by Gasteiger charge is -2.27. The van der Waals surface area contributed by atoms with Crippen LogP contribution in [0.1, 0.15) is 35.2 Å². The summed E-state index contributed by atoms with van der Waals surface area (Å²) in [6, 6.07) is 6.37. The minimum Gasteiger partial charge on any atom is -0.478 e. The number of nitrogens with zero attached hydrogens (tertiary/aromatic N) is 2. The third-order valence-electron chi connectivity index (χ3n) is 4.76. The zero-order chi connectivity index (χ0) is 17.8. The highest BCUT2D eigenvalue weighted by Gasteiger charge is 2.37. The highest BCUT2D eigenvalue weighted by molar-refractivity contribution is 7.99. The molecule has 2 fully saturated rings. The quantitative estimate of drug-likeness (QED) is 0.865. The van der Waals surface area contributed by atoms with Gasteiger partial charge in [-0.25, -0.2) is 4.79 Å². The molecule has 0 aliphatic carbocycles. The van der Waals surface area contributed by atoms with Gasteiger partial charge in [-0.1, -0.05) is 18.2 Å². The number of benzene rings is 1. The molecular formula is C18H22N2O4S. The van der Waals surface area contributed by atoms with Crippen LogP contribution < -0.4 is 0 Å². The van der Waals surface area contributed by atoms with Crippen LogP contribution in [0.25, 0.3) is 0 Å². The van der Waals surface area contributed by atoms with Crippen LogP contribution in [-0.4, -0.2) is 63.5 Å². The van der Waals surface area contributed by atoms with E-state index >= 15 is 0 Å². The zero-order valence-corrected chi connectivity index (χ0v) is 14.8. The van der Waals surface area contributed by atoms with Gasteiger partial charge in [0.2, 0.25) is 11.8 Å². The number of hydrogen-bond acceptors (Lipinski definition) is 4. The standard InChI is InChI=1S/C18H22N2O4S/c21-16(8-7-13-5-1-2-6-14(13)18(23)24)20-12-25-11-15(20)17(22)19-9-3-4-10-19/h1-2,5-6,15H,3-4,7-12H2,(H,23,24). The van der Waals surface area contributed by atoms with E-state index in [1.54, 1.807) is 40.9 Å². The Kier molecular flexibility index (Phi) is 5.63. The average Bonchev–Trinajstić information content (AvgIpc) is 3.30. The van der Waals surface area contributed by atoms with Crippen molar-refractivity contribution < 1.29 is 19.5 Å². The van der Waals surface area contributed by atoms with Crippen molar-refractivity contribution in [1.82, 2.24) is 9.80 Å². The fourth-order valence-electron chi connectivity index (χ4n) is 3.37. The van der Waals surface area contributed by atoms with Gasteiger partial charge in [0.05, 0.1) is 11.4 Å². The molecule has 25 heavy (non-hydrogen) atoms. The molecule has 2 aliphatic heterocycles. The molecule has 2 heterocycles. The Morgan fingerprint density at radius 1 is 1.16 bits per heavy atom. The number of aromatic carboxylic acids is 1. The van der Waals surface area contributed by atoms with Gasteiger partial charge in [-0.15, -0.1) is 11.8 Å². The van der Waals surface area contributed by atoms with Gasteiger partial charge in [-0.3, -0.25) is 9.59 Å². The monoisotopic (exact) mass is 362 g/mol. The maximum atomic E-state index is 12.6. The first kappa shape index (κ1) is 17.8. The first-order valence-electron chi connectivity index (χ1n) is 8.55. The Hall–Kier alpha value is -2.02. The van der Waals surface area contributed by atoms with E-state index in [4.69, 9.17) is 0 Å². The van der Waals surface area contributed by atoms with Gasteiger partial charge in [-0.2, -0.15) is 0 Å². The van der Waals surface area contributed by atoms with Crippen molar-refractivity contribution in [3.8, 4) is 0 Å². The molecule has 2 saturated heterocycles. The SMILES string of the molecule is O=C(O)c1ccccc1CCC(=O)N1CSCC1C(=O)N1CCCC1.